The SMILES string of the molecule is C1NCC2COCC1[N-]2.CC.CC.CC.Fc1cc[c-]nc1.[K+]. The van der Waals surface area contributed by atoms with E-state index in [0.29, 0.717) is 12.1 Å². The summed E-state index contributed by atoms with van der Waals surface area (Å²) in [5.74, 6) is -0.321. The largest absolute Gasteiger partial charge is 1.00 e. The molecule has 2 fully saturated rings. The van der Waals surface area contributed by atoms with Gasteiger partial charge in [-0.1, -0.05) is 66.0 Å². The third-order valence-electron chi connectivity index (χ3n) is 2.38. The van der Waals surface area contributed by atoms with Crippen LogP contribution in [0.2, 0.25) is 0 Å². The molecule has 1 aromatic rings. The monoisotopic (exact) mass is 352 g/mol. The van der Waals surface area contributed by atoms with Crippen LogP contribution in [0, 0.1) is 12.0 Å². The van der Waals surface area contributed by atoms with Crippen LogP contribution in [0.25, 0.3) is 5.32 Å². The summed E-state index contributed by atoms with van der Waals surface area (Å²) in [6.45, 7) is 15.7. The van der Waals surface area contributed by atoms with Gasteiger partial charge in [0, 0.05) is 19.0 Å². The molecule has 2 bridgehead atoms. The van der Waals surface area contributed by atoms with E-state index in [1.807, 2.05) is 41.5 Å². The summed E-state index contributed by atoms with van der Waals surface area (Å²) in [6, 6.07) is 3.61. The van der Waals surface area contributed by atoms with Crippen LogP contribution < -0.4 is 56.7 Å². The Morgan fingerprint density at radius 1 is 1.13 bits per heavy atom. The minimum Gasteiger partial charge on any atom is -0.651 e. The number of hydrogen-bond acceptors (Lipinski definition) is 3. The van der Waals surface area contributed by atoms with Crippen LogP contribution in [0.15, 0.2) is 18.3 Å². The van der Waals surface area contributed by atoms with Gasteiger partial charge in [0.1, 0.15) is 0 Å². The van der Waals surface area contributed by atoms with Crippen LogP contribution in [0.4, 0.5) is 4.39 Å². The molecule has 2 aliphatic rings. The first-order chi connectivity index (χ1) is 10.8. The van der Waals surface area contributed by atoms with E-state index in [1.165, 1.54) is 12.1 Å². The second-order valence-corrected chi connectivity index (χ2v) is 3.76. The third kappa shape index (κ3) is 15.8. The van der Waals surface area contributed by atoms with E-state index in [4.69, 9.17) is 4.74 Å². The molecule has 1 aromatic heterocycles. The molecular weight excluding hydrogens is 320 g/mol. The Morgan fingerprint density at radius 3 is 1.96 bits per heavy atom. The molecule has 2 atom stereocenters. The first-order valence-electron chi connectivity index (χ1n) is 8.30. The number of fused-ring (bicyclic) bond motifs is 2. The Balaban J connectivity index is -0.000000259. The van der Waals surface area contributed by atoms with Crippen molar-refractivity contribution in [3.05, 3.63) is 35.7 Å². The van der Waals surface area contributed by atoms with Crippen LogP contribution in [0.3, 0.4) is 0 Å². The van der Waals surface area contributed by atoms with Crippen LogP contribution >= 0.6 is 0 Å². The molecule has 2 unspecified atom stereocenters. The van der Waals surface area contributed by atoms with E-state index >= 15 is 0 Å². The molecular formula is C17H32FKN3O-. The molecule has 6 heteroatoms. The average molecular weight is 353 g/mol. The third-order valence-corrected chi connectivity index (χ3v) is 2.38. The van der Waals surface area contributed by atoms with Crippen molar-refractivity contribution in [2.75, 3.05) is 26.3 Å². The number of hydrogen-bond donors (Lipinski definition) is 1. The first kappa shape index (κ1) is 28.4. The summed E-state index contributed by atoms with van der Waals surface area (Å²) >= 11 is 0. The normalized spacial score (nSPS) is 20.1. The molecule has 0 radical (unpaired) electrons. The number of aromatic nitrogens is 1. The predicted octanol–water partition coefficient (Wildman–Crippen LogP) is 0.834. The number of piperazine rings is 1. The van der Waals surface area contributed by atoms with Gasteiger partial charge in [0.25, 0.3) is 0 Å². The van der Waals surface area contributed by atoms with Crippen LogP contribution in [-0.4, -0.2) is 43.4 Å². The second kappa shape index (κ2) is 22.6. The van der Waals surface area contributed by atoms with Gasteiger partial charge in [0.05, 0.1) is 0 Å². The van der Waals surface area contributed by atoms with Crippen molar-refractivity contribution in [1.29, 1.82) is 0 Å². The van der Waals surface area contributed by atoms with Crippen LogP contribution in [-0.2, 0) is 4.74 Å². The zero-order chi connectivity index (χ0) is 17.2. The number of nitrogens with one attached hydrogen (secondary N) is 1. The topological polar surface area (TPSA) is 48.2 Å². The van der Waals surface area contributed by atoms with E-state index in [1.54, 1.807) is 0 Å². The zero-order valence-corrected chi connectivity index (χ0v) is 19.0. The Hall–Kier alpha value is 0.596. The molecule has 2 aliphatic heterocycles. The van der Waals surface area contributed by atoms with Crippen molar-refractivity contribution in [2.45, 2.75) is 53.6 Å². The average Bonchev–Trinajstić information content (AvgIpc) is 2.62. The van der Waals surface area contributed by atoms with Gasteiger partial charge in [-0.05, 0) is 13.1 Å². The quantitative estimate of drug-likeness (QED) is 0.556. The second-order valence-electron chi connectivity index (χ2n) is 3.76. The molecule has 3 heterocycles. The maximum Gasteiger partial charge on any atom is 1.00 e. The van der Waals surface area contributed by atoms with Gasteiger partial charge < -0.3 is 20.4 Å². The van der Waals surface area contributed by atoms with E-state index in [0.717, 1.165) is 32.5 Å². The molecule has 4 nitrogen and oxygen atoms in total. The Kier molecular flexibility index (Phi) is 27.9. The number of rotatable bonds is 0. The smallest absolute Gasteiger partial charge is 0.651 e. The van der Waals surface area contributed by atoms with Crippen molar-refractivity contribution in [1.82, 2.24) is 10.3 Å². The van der Waals surface area contributed by atoms with Crippen molar-refractivity contribution < 1.29 is 60.5 Å². The zero-order valence-electron chi connectivity index (χ0n) is 15.9. The molecule has 1 N–H and O–H groups in total. The summed E-state index contributed by atoms with van der Waals surface area (Å²) < 4.78 is 17.1. The molecule has 0 saturated carbocycles. The maximum atomic E-state index is 11.8. The fourth-order valence-electron chi connectivity index (χ4n) is 1.67. The molecule has 23 heavy (non-hydrogen) atoms. The summed E-state index contributed by atoms with van der Waals surface area (Å²) in [7, 11) is 0. The first-order valence-corrected chi connectivity index (χ1v) is 8.30. The fraction of sp³-hybridized carbons (Fsp3) is 0.706. The van der Waals surface area contributed by atoms with E-state index in [2.05, 4.69) is 21.8 Å². The number of ether oxygens (including phenoxy) is 1. The van der Waals surface area contributed by atoms with Crippen LogP contribution in [0.5, 0.6) is 0 Å². The molecule has 0 spiro atoms. The van der Waals surface area contributed by atoms with Crippen molar-refractivity contribution >= 4 is 0 Å². The summed E-state index contributed by atoms with van der Waals surface area (Å²) in [5, 5.41) is 7.81. The van der Waals surface area contributed by atoms with Gasteiger partial charge in [-0.2, -0.15) is 6.07 Å². The number of nitrogens with zero attached hydrogens (tertiary/aromatic N) is 2. The van der Waals surface area contributed by atoms with Crippen molar-refractivity contribution in [2.24, 2.45) is 0 Å². The van der Waals surface area contributed by atoms with Gasteiger partial charge in [-0.25, -0.2) is 4.39 Å². The maximum absolute atomic E-state index is 11.8. The molecule has 0 aliphatic carbocycles. The fourth-order valence-corrected chi connectivity index (χ4v) is 1.67. The predicted molar refractivity (Wildman–Crippen MR) is 91.7 cm³/mol. The molecule has 0 amide bonds. The molecule has 3 rings (SSSR count). The molecule has 130 valence electrons. The molecule has 2 saturated heterocycles. The summed E-state index contributed by atoms with van der Waals surface area (Å²) in [6.07, 6.45) is 3.55. The van der Waals surface area contributed by atoms with Gasteiger partial charge in [-0.3, -0.25) is 0 Å². The van der Waals surface area contributed by atoms with Crippen LogP contribution in [0.1, 0.15) is 41.5 Å². The minimum absolute atomic E-state index is 0. The van der Waals surface area contributed by atoms with Crippen molar-refractivity contribution in [3.8, 4) is 0 Å². The van der Waals surface area contributed by atoms with Gasteiger partial charge in [0.15, 0.2) is 0 Å². The van der Waals surface area contributed by atoms with Crippen molar-refractivity contribution in [3.63, 3.8) is 0 Å². The minimum atomic E-state index is -0.321. The number of pyridine rings is 1. The standard InChI is InChI=1S/C6H11N2O.C5H3FN.3C2H6.K/c1-5-3-9-4-6(8-5)2-7-1;6-5-2-1-3-7-4-5;3*1-2;/h5-7H,1-4H2;1-2,4H;3*1-2H3;/q2*-1;;;;+1. The van der Waals surface area contributed by atoms with E-state index < -0.39 is 0 Å². The van der Waals surface area contributed by atoms with Gasteiger partial charge >= 0.3 is 51.4 Å². The number of morpholine rings is 1. The summed E-state index contributed by atoms with van der Waals surface area (Å²) in [4.78, 5) is 3.38. The van der Waals surface area contributed by atoms with Gasteiger partial charge in [-0.15, -0.1) is 6.07 Å². The Morgan fingerprint density at radius 2 is 1.65 bits per heavy atom. The van der Waals surface area contributed by atoms with E-state index in [-0.39, 0.29) is 57.2 Å². The van der Waals surface area contributed by atoms with E-state index in [9.17, 15) is 4.39 Å². The Labute approximate surface area is 184 Å². The molecule has 0 aromatic carbocycles. The number of halogens is 1. The van der Waals surface area contributed by atoms with Gasteiger partial charge in [0.2, 0.25) is 0 Å². The summed E-state index contributed by atoms with van der Waals surface area (Å²) in [5.41, 5.74) is 0. The Bertz CT molecular complexity index is 298.